The molecule has 0 atom stereocenters. The fourth-order valence-electron chi connectivity index (χ4n) is 3.74. The number of anilines is 1. The van der Waals surface area contributed by atoms with E-state index in [4.69, 9.17) is 14.1 Å². The highest BCUT2D eigenvalue weighted by molar-refractivity contribution is 5.78. The number of hydrogen-bond acceptors (Lipinski definition) is 6. The summed E-state index contributed by atoms with van der Waals surface area (Å²) in [5.74, 6) is 1.48. The molecule has 1 aromatic carbocycles. The van der Waals surface area contributed by atoms with Crippen LogP contribution in [-0.2, 0) is 17.9 Å². The number of piperidine rings is 1. The third kappa shape index (κ3) is 4.07. The van der Waals surface area contributed by atoms with Crippen LogP contribution in [-0.4, -0.2) is 51.4 Å². The lowest BCUT2D eigenvalue weighted by Crippen LogP contribution is -2.42. The van der Waals surface area contributed by atoms with Gasteiger partial charge >= 0.3 is 6.09 Å². The van der Waals surface area contributed by atoms with Crippen LogP contribution < -0.4 is 5.32 Å². The predicted molar refractivity (Wildman–Crippen MR) is 109 cm³/mol. The molecule has 0 saturated carbocycles. The van der Waals surface area contributed by atoms with Gasteiger partial charge in [-0.3, -0.25) is 0 Å². The van der Waals surface area contributed by atoms with E-state index in [1.54, 1.807) is 17.2 Å². The van der Waals surface area contributed by atoms with Crippen LogP contribution in [0.15, 0.2) is 41.0 Å². The summed E-state index contributed by atoms with van der Waals surface area (Å²) in [6, 6.07) is 9.95. The Bertz CT molecular complexity index is 972. The van der Waals surface area contributed by atoms with Gasteiger partial charge < -0.3 is 29.0 Å². The summed E-state index contributed by atoms with van der Waals surface area (Å²) in [5.41, 5.74) is 2.67. The number of furan rings is 1. The topological polar surface area (TPSA) is 92.8 Å². The van der Waals surface area contributed by atoms with E-state index in [1.165, 1.54) is 0 Å². The van der Waals surface area contributed by atoms with Gasteiger partial charge in [0.2, 0.25) is 5.95 Å². The van der Waals surface area contributed by atoms with E-state index >= 15 is 0 Å². The molecule has 0 aliphatic carbocycles. The Morgan fingerprint density at radius 2 is 2.10 bits per heavy atom. The number of imidazole rings is 1. The molecule has 154 valence electrons. The molecular formula is C21H26N4O4. The van der Waals surface area contributed by atoms with Crippen LogP contribution in [0.3, 0.4) is 0 Å². The number of fused-ring (bicyclic) bond motifs is 1. The van der Waals surface area contributed by atoms with Crippen molar-refractivity contribution in [2.75, 3.05) is 25.0 Å². The van der Waals surface area contributed by atoms with Crippen molar-refractivity contribution in [3.63, 3.8) is 0 Å². The number of ether oxygens (including phenoxy) is 1. The lowest BCUT2D eigenvalue weighted by atomic mass is 10.1. The van der Waals surface area contributed by atoms with Crippen LogP contribution in [0.5, 0.6) is 0 Å². The smallest absolute Gasteiger partial charge is 0.409 e. The number of nitrogens with zero attached hydrogens (tertiary/aromatic N) is 3. The zero-order valence-electron chi connectivity index (χ0n) is 16.5. The minimum Gasteiger partial charge on any atom is -0.467 e. The molecule has 1 aliphatic rings. The summed E-state index contributed by atoms with van der Waals surface area (Å²) in [4.78, 5) is 18.4. The van der Waals surface area contributed by atoms with Crippen LogP contribution in [0.4, 0.5) is 10.7 Å². The Morgan fingerprint density at radius 3 is 2.86 bits per heavy atom. The molecule has 1 amide bonds. The third-order valence-electron chi connectivity index (χ3n) is 5.32. The first-order valence-corrected chi connectivity index (χ1v) is 9.99. The highest BCUT2D eigenvalue weighted by atomic mass is 16.6. The number of likely N-dealkylation sites (tertiary alicyclic amines) is 1. The van der Waals surface area contributed by atoms with Crippen molar-refractivity contribution in [3.05, 3.63) is 47.9 Å². The predicted octanol–water partition coefficient (Wildman–Crippen LogP) is 3.20. The Morgan fingerprint density at radius 1 is 1.31 bits per heavy atom. The second kappa shape index (κ2) is 8.57. The number of amides is 1. The zero-order valence-corrected chi connectivity index (χ0v) is 16.5. The number of aliphatic hydroxyl groups excluding tert-OH is 1. The number of para-hydroxylation sites is 2. The first-order chi connectivity index (χ1) is 14.2. The summed E-state index contributed by atoms with van der Waals surface area (Å²) in [7, 11) is 0. The summed E-state index contributed by atoms with van der Waals surface area (Å²) >= 11 is 0. The maximum atomic E-state index is 11.9. The minimum atomic E-state index is -0.243. The highest BCUT2D eigenvalue weighted by Gasteiger charge is 2.25. The van der Waals surface area contributed by atoms with Crippen LogP contribution in [0.25, 0.3) is 11.0 Å². The molecule has 1 aliphatic heterocycles. The lowest BCUT2D eigenvalue weighted by molar-refractivity contribution is 0.0983. The summed E-state index contributed by atoms with van der Waals surface area (Å²) in [6.45, 7) is 3.94. The number of aliphatic hydroxyl groups is 1. The van der Waals surface area contributed by atoms with Gasteiger partial charge in [0.25, 0.3) is 0 Å². The molecule has 4 rings (SSSR count). The van der Waals surface area contributed by atoms with Gasteiger partial charge in [-0.2, -0.15) is 0 Å². The number of aromatic nitrogens is 2. The second-order valence-corrected chi connectivity index (χ2v) is 7.14. The maximum absolute atomic E-state index is 11.9. The van der Waals surface area contributed by atoms with Crippen molar-refractivity contribution in [2.24, 2.45) is 0 Å². The van der Waals surface area contributed by atoms with Crippen molar-refractivity contribution >= 4 is 23.1 Å². The van der Waals surface area contributed by atoms with E-state index in [0.29, 0.717) is 26.2 Å². The number of rotatable bonds is 6. The fraction of sp³-hybridized carbons (Fsp3) is 0.429. The molecule has 3 aromatic rings. The lowest BCUT2D eigenvalue weighted by Gasteiger charge is -2.31. The van der Waals surface area contributed by atoms with Gasteiger partial charge in [-0.05, 0) is 38.0 Å². The van der Waals surface area contributed by atoms with Gasteiger partial charge in [0.05, 0.1) is 37.1 Å². The van der Waals surface area contributed by atoms with Gasteiger partial charge in [0.15, 0.2) is 0 Å². The Labute approximate surface area is 169 Å². The van der Waals surface area contributed by atoms with Crippen molar-refractivity contribution in [1.82, 2.24) is 14.5 Å². The van der Waals surface area contributed by atoms with Gasteiger partial charge in [0, 0.05) is 24.7 Å². The number of nitrogens with one attached hydrogen (secondary N) is 1. The summed E-state index contributed by atoms with van der Waals surface area (Å²) < 4.78 is 12.8. The van der Waals surface area contributed by atoms with E-state index in [2.05, 4.69) is 9.88 Å². The van der Waals surface area contributed by atoms with Crippen molar-refractivity contribution in [3.8, 4) is 0 Å². The van der Waals surface area contributed by atoms with E-state index < -0.39 is 0 Å². The SMILES string of the molecule is CCOC(=O)N1CCC(Nc2nc3ccccc3n2Cc2occc2CO)CC1. The molecule has 0 spiro atoms. The Balaban J connectivity index is 1.53. The number of carbonyl (C=O) groups is 1. The minimum absolute atomic E-state index is 0.0620. The molecule has 1 saturated heterocycles. The fourth-order valence-corrected chi connectivity index (χ4v) is 3.74. The third-order valence-corrected chi connectivity index (χ3v) is 5.32. The molecule has 3 heterocycles. The van der Waals surface area contributed by atoms with Crippen LogP contribution in [0.2, 0.25) is 0 Å². The molecule has 8 heteroatoms. The Kier molecular flexibility index (Phi) is 5.71. The first-order valence-electron chi connectivity index (χ1n) is 9.99. The van der Waals surface area contributed by atoms with E-state index in [1.807, 2.05) is 31.2 Å². The largest absolute Gasteiger partial charge is 0.467 e. The van der Waals surface area contributed by atoms with Gasteiger partial charge in [0.1, 0.15) is 5.76 Å². The second-order valence-electron chi connectivity index (χ2n) is 7.14. The molecule has 1 fully saturated rings. The molecular weight excluding hydrogens is 372 g/mol. The van der Waals surface area contributed by atoms with Crippen molar-refractivity contribution < 1.29 is 19.1 Å². The first kappa shape index (κ1) is 19.3. The van der Waals surface area contributed by atoms with Gasteiger partial charge in [-0.1, -0.05) is 12.1 Å². The molecule has 8 nitrogen and oxygen atoms in total. The molecule has 0 radical (unpaired) electrons. The molecule has 0 unspecified atom stereocenters. The normalized spacial score (nSPS) is 15.0. The standard InChI is InChI=1S/C21H26N4O4/c1-2-28-21(27)24-10-7-16(8-11-24)22-20-23-17-5-3-4-6-18(17)25(20)13-19-15(14-26)9-12-29-19/h3-6,9,12,16,26H,2,7-8,10-11,13-14H2,1H3,(H,22,23). The van der Waals surface area contributed by atoms with E-state index in [9.17, 15) is 9.90 Å². The maximum Gasteiger partial charge on any atom is 0.409 e. The summed E-state index contributed by atoms with van der Waals surface area (Å²) in [5, 5.41) is 13.1. The molecule has 2 N–H and O–H groups in total. The number of hydrogen-bond donors (Lipinski definition) is 2. The highest BCUT2D eigenvalue weighted by Crippen LogP contribution is 2.25. The van der Waals surface area contributed by atoms with Crippen molar-refractivity contribution in [2.45, 2.75) is 39.0 Å². The van der Waals surface area contributed by atoms with Crippen LogP contribution in [0.1, 0.15) is 31.1 Å². The van der Waals surface area contributed by atoms with E-state index in [0.717, 1.165) is 41.1 Å². The zero-order chi connectivity index (χ0) is 20.2. The number of benzene rings is 1. The number of carbonyl (C=O) groups excluding carboxylic acids is 1. The monoisotopic (exact) mass is 398 g/mol. The average Bonchev–Trinajstić information content (AvgIpc) is 3.33. The molecule has 0 bridgehead atoms. The van der Waals surface area contributed by atoms with Crippen LogP contribution >= 0.6 is 0 Å². The quantitative estimate of drug-likeness (QED) is 0.662. The molecule has 29 heavy (non-hydrogen) atoms. The Hall–Kier alpha value is -3.00. The van der Waals surface area contributed by atoms with E-state index in [-0.39, 0.29) is 18.7 Å². The van der Waals surface area contributed by atoms with Gasteiger partial charge in [-0.15, -0.1) is 0 Å². The molecule has 2 aromatic heterocycles. The summed E-state index contributed by atoms with van der Waals surface area (Å²) in [6.07, 6.45) is 3.00. The van der Waals surface area contributed by atoms with Crippen LogP contribution in [0, 0.1) is 0 Å². The van der Waals surface area contributed by atoms with Gasteiger partial charge in [-0.25, -0.2) is 9.78 Å². The van der Waals surface area contributed by atoms with Crippen molar-refractivity contribution in [1.29, 1.82) is 0 Å². The average molecular weight is 398 g/mol.